The molecule has 0 amide bonds. The minimum Gasteiger partial charge on any atom is -0.493 e. The van der Waals surface area contributed by atoms with Crippen molar-refractivity contribution in [3.05, 3.63) is 28.2 Å². The van der Waals surface area contributed by atoms with Crippen molar-refractivity contribution >= 4 is 15.9 Å². The lowest BCUT2D eigenvalue weighted by molar-refractivity contribution is 0.158. The Morgan fingerprint density at radius 1 is 1.22 bits per heavy atom. The highest BCUT2D eigenvalue weighted by atomic mass is 79.9. The Kier molecular flexibility index (Phi) is 7.36. The zero-order valence-corrected chi connectivity index (χ0v) is 12.9. The monoisotopic (exact) mass is 314 g/mol. The van der Waals surface area contributed by atoms with Crippen LogP contribution in [-0.4, -0.2) is 11.7 Å². The molecule has 0 bridgehead atoms. The minimum atomic E-state index is -0.430. The highest BCUT2D eigenvalue weighted by molar-refractivity contribution is 9.10. The van der Waals surface area contributed by atoms with Crippen molar-refractivity contribution in [3.63, 3.8) is 0 Å². The summed E-state index contributed by atoms with van der Waals surface area (Å²) < 4.78 is 6.54. The Labute approximate surface area is 118 Å². The molecular weight excluding hydrogens is 292 g/mol. The average molecular weight is 315 g/mol. The molecule has 2 nitrogen and oxygen atoms in total. The van der Waals surface area contributed by atoms with Crippen LogP contribution in [0.5, 0.6) is 5.75 Å². The molecule has 18 heavy (non-hydrogen) atoms. The third-order valence-electron chi connectivity index (χ3n) is 2.96. The topological polar surface area (TPSA) is 29.5 Å². The van der Waals surface area contributed by atoms with Crippen LogP contribution in [0.2, 0.25) is 0 Å². The summed E-state index contributed by atoms with van der Waals surface area (Å²) >= 11 is 3.44. The molecule has 102 valence electrons. The van der Waals surface area contributed by atoms with Crippen LogP contribution in [0.25, 0.3) is 0 Å². The van der Waals surface area contributed by atoms with Gasteiger partial charge in [0.2, 0.25) is 0 Å². The van der Waals surface area contributed by atoms with Crippen LogP contribution in [0.4, 0.5) is 0 Å². The lowest BCUT2D eigenvalue weighted by Gasteiger charge is -2.16. The van der Waals surface area contributed by atoms with Crippen molar-refractivity contribution in [1.82, 2.24) is 0 Å². The lowest BCUT2D eigenvalue weighted by Crippen LogP contribution is -2.03. The molecule has 3 heteroatoms. The number of ether oxygens (including phenoxy) is 1. The molecule has 0 saturated carbocycles. The van der Waals surface area contributed by atoms with Gasteiger partial charge in [-0.1, -0.05) is 48.5 Å². The molecule has 0 aromatic heterocycles. The summed E-state index contributed by atoms with van der Waals surface area (Å²) in [5.41, 5.74) is 0.891. The van der Waals surface area contributed by atoms with Crippen molar-refractivity contribution in [1.29, 1.82) is 0 Å². The zero-order valence-electron chi connectivity index (χ0n) is 11.3. The number of rotatable bonds is 8. The number of aliphatic hydroxyl groups excluding tert-OH is 1. The van der Waals surface area contributed by atoms with Gasteiger partial charge in [0.25, 0.3) is 0 Å². The van der Waals surface area contributed by atoms with Gasteiger partial charge in [-0.25, -0.2) is 0 Å². The van der Waals surface area contributed by atoms with Crippen LogP contribution < -0.4 is 4.74 Å². The van der Waals surface area contributed by atoms with Crippen LogP contribution in [0.3, 0.4) is 0 Å². The molecule has 0 aliphatic rings. The highest BCUT2D eigenvalue weighted by Crippen LogP contribution is 2.31. The van der Waals surface area contributed by atoms with E-state index in [9.17, 15) is 5.11 Å². The first kappa shape index (κ1) is 15.5. The molecule has 0 heterocycles. The zero-order chi connectivity index (χ0) is 13.4. The fourth-order valence-corrected chi connectivity index (χ4v) is 2.37. The number of hydrogen-bond donors (Lipinski definition) is 1. The fourth-order valence-electron chi connectivity index (χ4n) is 1.99. The standard InChI is InChI=1S/C15H23BrO2/c1-3-5-6-7-8-14(17)13-11-12(16)9-10-15(13)18-4-2/h9-11,14,17H,3-8H2,1-2H3. The van der Waals surface area contributed by atoms with E-state index < -0.39 is 6.10 Å². The smallest absolute Gasteiger partial charge is 0.125 e. The second kappa shape index (κ2) is 8.54. The molecule has 1 aromatic rings. The van der Waals surface area contributed by atoms with Gasteiger partial charge in [0.15, 0.2) is 0 Å². The van der Waals surface area contributed by atoms with Gasteiger partial charge >= 0.3 is 0 Å². The van der Waals surface area contributed by atoms with Gasteiger partial charge in [-0.3, -0.25) is 0 Å². The Morgan fingerprint density at radius 3 is 2.67 bits per heavy atom. The molecule has 1 aromatic carbocycles. The van der Waals surface area contributed by atoms with E-state index in [2.05, 4.69) is 22.9 Å². The van der Waals surface area contributed by atoms with E-state index >= 15 is 0 Å². The molecule has 0 spiro atoms. The van der Waals surface area contributed by atoms with E-state index in [1.807, 2.05) is 25.1 Å². The second-order valence-electron chi connectivity index (χ2n) is 4.48. The van der Waals surface area contributed by atoms with Crippen LogP contribution in [0.15, 0.2) is 22.7 Å². The lowest BCUT2D eigenvalue weighted by atomic mass is 10.0. The Bertz CT molecular complexity index is 352. The van der Waals surface area contributed by atoms with Crippen LogP contribution >= 0.6 is 15.9 Å². The van der Waals surface area contributed by atoms with Crippen LogP contribution in [0.1, 0.15) is 57.6 Å². The van der Waals surface area contributed by atoms with Crippen molar-refractivity contribution < 1.29 is 9.84 Å². The first-order valence-electron chi connectivity index (χ1n) is 6.79. The maximum Gasteiger partial charge on any atom is 0.125 e. The Hall–Kier alpha value is -0.540. The molecule has 1 rings (SSSR count). The van der Waals surface area contributed by atoms with Crippen LogP contribution in [0, 0.1) is 0 Å². The SMILES string of the molecule is CCCCCCC(O)c1cc(Br)ccc1OCC. The van der Waals surface area contributed by atoms with Crippen molar-refractivity contribution in [2.45, 2.75) is 52.1 Å². The predicted octanol–water partition coefficient (Wildman–Crippen LogP) is 4.85. The molecular formula is C15H23BrO2. The number of hydrogen-bond acceptors (Lipinski definition) is 2. The van der Waals surface area contributed by atoms with Crippen LogP contribution in [-0.2, 0) is 0 Å². The van der Waals surface area contributed by atoms with E-state index in [1.54, 1.807) is 0 Å². The van der Waals surface area contributed by atoms with Gasteiger partial charge in [-0.05, 0) is 31.5 Å². The third kappa shape index (κ3) is 4.99. The molecule has 0 aliphatic carbocycles. The van der Waals surface area contributed by atoms with Crippen molar-refractivity contribution in [3.8, 4) is 5.75 Å². The second-order valence-corrected chi connectivity index (χ2v) is 5.40. The van der Waals surface area contributed by atoms with E-state index in [0.717, 1.165) is 28.6 Å². The quantitative estimate of drug-likeness (QED) is 0.695. The van der Waals surface area contributed by atoms with E-state index in [1.165, 1.54) is 19.3 Å². The maximum absolute atomic E-state index is 10.3. The summed E-state index contributed by atoms with van der Waals surface area (Å²) in [5, 5.41) is 10.3. The van der Waals surface area contributed by atoms with Gasteiger partial charge in [0.05, 0.1) is 12.7 Å². The summed E-state index contributed by atoms with van der Waals surface area (Å²) in [6, 6.07) is 5.81. The molecule has 1 unspecified atom stereocenters. The highest BCUT2D eigenvalue weighted by Gasteiger charge is 2.13. The van der Waals surface area contributed by atoms with E-state index in [4.69, 9.17) is 4.74 Å². The van der Waals surface area contributed by atoms with Crippen molar-refractivity contribution in [2.75, 3.05) is 6.61 Å². The van der Waals surface area contributed by atoms with Gasteiger partial charge in [-0.2, -0.15) is 0 Å². The Morgan fingerprint density at radius 2 is 2.00 bits per heavy atom. The summed E-state index contributed by atoms with van der Waals surface area (Å²) in [7, 11) is 0. The van der Waals surface area contributed by atoms with E-state index in [-0.39, 0.29) is 0 Å². The molecule has 0 saturated heterocycles. The molecule has 1 N–H and O–H groups in total. The number of aliphatic hydroxyl groups is 1. The number of halogens is 1. The summed E-state index contributed by atoms with van der Waals surface area (Å²) in [4.78, 5) is 0. The summed E-state index contributed by atoms with van der Waals surface area (Å²) in [6.45, 7) is 4.77. The maximum atomic E-state index is 10.3. The first-order chi connectivity index (χ1) is 8.69. The summed E-state index contributed by atoms with van der Waals surface area (Å²) in [6.07, 6.45) is 5.08. The minimum absolute atomic E-state index is 0.430. The third-order valence-corrected chi connectivity index (χ3v) is 3.46. The number of unbranched alkanes of at least 4 members (excludes halogenated alkanes) is 3. The van der Waals surface area contributed by atoms with E-state index in [0.29, 0.717) is 6.61 Å². The average Bonchev–Trinajstić information content (AvgIpc) is 2.37. The molecule has 1 atom stereocenters. The predicted molar refractivity (Wildman–Crippen MR) is 79.0 cm³/mol. The number of benzene rings is 1. The summed E-state index contributed by atoms with van der Waals surface area (Å²) in [5.74, 6) is 0.795. The molecule has 0 fully saturated rings. The van der Waals surface area contributed by atoms with Gasteiger partial charge in [0.1, 0.15) is 5.75 Å². The van der Waals surface area contributed by atoms with Gasteiger partial charge in [-0.15, -0.1) is 0 Å². The van der Waals surface area contributed by atoms with Gasteiger partial charge < -0.3 is 9.84 Å². The van der Waals surface area contributed by atoms with Gasteiger partial charge in [0, 0.05) is 10.0 Å². The van der Waals surface area contributed by atoms with Crippen molar-refractivity contribution in [2.24, 2.45) is 0 Å². The molecule has 0 aliphatic heterocycles. The Balaban J connectivity index is 2.64. The molecule has 0 radical (unpaired) electrons. The largest absolute Gasteiger partial charge is 0.493 e. The normalized spacial score (nSPS) is 12.4. The fraction of sp³-hybridized carbons (Fsp3) is 0.600. The first-order valence-corrected chi connectivity index (χ1v) is 7.58.